The molecule has 1 fully saturated rings. The van der Waals surface area contributed by atoms with Crippen LogP contribution in [0.25, 0.3) is 0 Å². The van der Waals surface area contributed by atoms with Crippen molar-refractivity contribution < 1.29 is 0 Å². The van der Waals surface area contributed by atoms with Gasteiger partial charge in [-0.3, -0.25) is 0 Å². The van der Waals surface area contributed by atoms with Gasteiger partial charge in [0.15, 0.2) is 0 Å². The number of rotatable bonds is 2. The molecule has 1 aliphatic rings. The van der Waals surface area contributed by atoms with E-state index in [0.29, 0.717) is 5.92 Å². The van der Waals surface area contributed by atoms with Crippen LogP contribution in [0.2, 0.25) is 0 Å². The molecule has 0 atom stereocenters. The first kappa shape index (κ1) is 12.2. The lowest BCUT2D eigenvalue weighted by Crippen LogP contribution is -2.44. The van der Waals surface area contributed by atoms with Gasteiger partial charge in [0.2, 0.25) is 0 Å². The molecule has 94 valence electrons. The van der Waals surface area contributed by atoms with Crippen LogP contribution in [0.15, 0.2) is 18.2 Å². The van der Waals surface area contributed by atoms with Crippen LogP contribution >= 0.6 is 0 Å². The maximum absolute atomic E-state index is 5.92. The second kappa shape index (κ2) is 4.96. The van der Waals surface area contributed by atoms with Gasteiger partial charge in [-0.15, -0.1) is 0 Å². The van der Waals surface area contributed by atoms with Crippen LogP contribution in [0.3, 0.4) is 0 Å². The van der Waals surface area contributed by atoms with E-state index in [9.17, 15) is 0 Å². The first-order valence-corrected chi connectivity index (χ1v) is 6.41. The molecule has 0 bridgehead atoms. The van der Waals surface area contributed by atoms with Crippen LogP contribution in [0.1, 0.15) is 25.3 Å². The molecule has 1 heterocycles. The van der Waals surface area contributed by atoms with Gasteiger partial charge < -0.3 is 15.5 Å². The summed E-state index contributed by atoms with van der Waals surface area (Å²) in [6, 6.07) is 6.31. The average molecular weight is 233 g/mol. The van der Waals surface area contributed by atoms with Gasteiger partial charge in [0.1, 0.15) is 0 Å². The number of nitrogens with zero attached hydrogens (tertiary/aromatic N) is 2. The summed E-state index contributed by atoms with van der Waals surface area (Å²) in [5.41, 5.74) is 9.52. The van der Waals surface area contributed by atoms with Crippen molar-refractivity contribution in [1.82, 2.24) is 4.90 Å². The first-order chi connectivity index (χ1) is 8.08. The summed E-state index contributed by atoms with van der Waals surface area (Å²) in [6.45, 7) is 8.94. The molecule has 1 aromatic rings. The molecule has 0 aliphatic carbocycles. The Morgan fingerprint density at radius 2 is 1.76 bits per heavy atom. The van der Waals surface area contributed by atoms with Gasteiger partial charge in [-0.1, -0.05) is 19.9 Å². The molecule has 1 aliphatic heterocycles. The van der Waals surface area contributed by atoms with E-state index < -0.39 is 0 Å². The normalized spacial score (nSPS) is 17.8. The molecule has 0 radical (unpaired) electrons. The van der Waals surface area contributed by atoms with Gasteiger partial charge in [0.05, 0.1) is 0 Å². The topological polar surface area (TPSA) is 32.5 Å². The fourth-order valence-corrected chi connectivity index (χ4v) is 2.37. The van der Waals surface area contributed by atoms with Gasteiger partial charge in [0.25, 0.3) is 0 Å². The van der Waals surface area contributed by atoms with E-state index in [-0.39, 0.29) is 0 Å². The SMILES string of the molecule is CC(C)c1ccc(N)cc1N1CCN(C)CC1. The maximum atomic E-state index is 5.92. The Balaban J connectivity index is 2.26. The largest absolute Gasteiger partial charge is 0.399 e. The summed E-state index contributed by atoms with van der Waals surface area (Å²) in [5, 5.41) is 0. The van der Waals surface area contributed by atoms with Gasteiger partial charge in [-0.25, -0.2) is 0 Å². The molecule has 3 nitrogen and oxygen atoms in total. The van der Waals surface area contributed by atoms with E-state index in [1.165, 1.54) is 11.3 Å². The molecule has 17 heavy (non-hydrogen) atoms. The molecule has 2 N–H and O–H groups in total. The van der Waals surface area contributed by atoms with Crippen LogP contribution in [0.4, 0.5) is 11.4 Å². The smallest absolute Gasteiger partial charge is 0.0422 e. The highest BCUT2D eigenvalue weighted by atomic mass is 15.2. The molecule has 0 aromatic heterocycles. The second-order valence-electron chi connectivity index (χ2n) is 5.26. The van der Waals surface area contributed by atoms with Gasteiger partial charge in [-0.2, -0.15) is 0 Å². The van der Waals surface area contributed by atoms with Gasteiger partial charge in [0, 0.05) is 37.6 Å². The van der Waals surface area contributed by atoms with Crippen molar-refractivity contribution in [3.8, 4) is 0 Å². The predicted octanol–water partition coefficient (Wildman–Crippen LogP) is 2.14. The number of hydrogen-bond donors (Lipinski definition) is 1. The maximum Gasteiger partial charge on any atom is 0.0422 e. The molecule has 1 saturated heterocycles. The van der Waals surface area contributed by atoms with Gasteiger partial charge >= 0.3 is 0 Å². The lowest BCUT2D eigenvalue weighted by Gasteiger charge is -2.35. The van der Waals surface area contributed by atoms with E-state index in [2.05, 4.69) is 42.8 Å². The van der Waals surface area contributed by atoms with E-state index in [1.54, 1.807) is 0 Å². The molecule has 1 aromatic carbocycles. The van der Waals surface area contributed by atoms with Crippen molar-refractivity contribution in [3.05, 3.63) is 23.8 Å². The second-order valence-corrected chi connectivity index (χ2v) is 5.26. The molecular weight excluding hydrogens is 210 g/mol. The fourth-order valence-electron chi connectivity index (χ4n) is 2.37. The Morgan fingerprint density at radius 1 is 1.12 bits per heavy atom. The summed E-state index contributed by atoms with van der Waals surface area (Å²) in [4.78, 5) is 4.84. The number of hydrogen-bond acceptors (Lipinski definition) is 3. The number of piperazine rings is 1. The van der Waals surface area contributed by atoms with Crippen molar-refractivity contribution in [2.24, 2.45) is 0 Å². The fraction of sp³-hybridized carbons (Fsp3) is 0.571. The number of nitrogens with two attached hydrogens (primary N) is 1. The molecule has 0 unspecified atom stereocenters. The highest BCUT2D eigenvalue weighted by molar-refractivity contribution is 5.62. The molecule has 0 spiro atoms. The van der Waals surface area contributed by atoms with E-state index >= 15 is 0 Å². The third-order valence-electron chi connectivity index (χ3n) is 3.52. The zero-order valence-corrected chi connectivity index (χ0v) is 11.1. The highest BCUT2D eigenvalue weighted by Gasteiger charge is 2.18. The monoisotopic (exact) mass is 233 g/mol. The van der Waals surface area contributed by atoms with Crippen molar-refractivity contribution in [3.63, 3.8) is 0 Å². The summed E-state index contributed by atoms with van der Waals surface area (Å²) in [7, 11) is 2.18. The Hall–Kier alpha value is -1.22. The minimum atomic E-state index is 0.547. The Morgan fingerprint density at radius 3 is 2.35 bits per heavy atom. The quantitative estimate of drug-likeness (QED) is 0.794. The van der Waals surface area contributed by atoms with Crippen LogP contribution in [-0.4, -0.2) is 38.1 Å². The van der Waals surface area contributed by atoms with Crippen molar-refractivity contribution in [2.75, 3.05) is 43.9 Å². The number of anilines is 2. The Bertz CT molecular complexity index is 379. The van der Waals surface area contributed by atoms with E-state index in [0.717, 1.165) is 31.9 Å². The van der Waals surface area contributed by atoms with Crippen LogP contribution < -0.4 is 10.6 Å². The Labute approximate surface area is 104 Å². The zero-order chi connectivity index (χ0) is 12.4. The number of likely N-dealkylation sites (N-methyl/N-ethyl adjacent to an activating group) is 1. The Kier molecular flexibility index (Phi) is 3.57. The minimum Gasteiger partial charge on any atom is -0.399 e. The highest BCUT2D eigenvalue weighted by Crippen LogP contribution is 2.30. The molecular formula is C14H23N3. The standard InChI is InChI=1S/C14H23N3/c1-11(2)13-5-4-12(15)10-14(13)17-8-6-16(3)7-9-17/h4-5,10-11H,6-9,15H2,1-3H3. The number of nitrogen functional groups attached to an aromatic ring is 1. The number of benzene rings is 1. The van der Waals surface area contributed by atoms with Crippen LogP contribution in [-0.2, 0) is 0 Å². The lowest BCUT2D eigenvalue weighted by atomic mass is 9.99. The summed E-state index contributed by atoms with van der Waals surface area (Å²) in [5.74, 6) is 0.547. The molecule has 3 heteroatoms. The summed E-state index contributed by atoms with van der Waals surface area (Å²) < 4.78 is 0. The minimum absolute atomic E-state index is 0.547. The lowest BCUT2D eigenvalue weighted by molar-refractivity contribution is 0.312. The van der Waals surface area contributed by atoms with E-state index in [1.807, 2.05) is 6.07 Å². The van der Waals surface area contributed by atoms with Crippen molar-refractivity contribution in [2.45, 2.75) is 19.8 Å². The van der Waals surface area contributed by atoms with Crippen LogP contribution in [0.5, 0.6) is 0 Å². The van der Waals surface area contributed by atoms with Crippen molar-refractivity contribution in [1.29, 1.82) is 0 Å². The average Bonchev–Trinajstić information content (AvgIpc) is 2.29. The van der Waals surface area contributed by atoms with Gasteiger partial charge in [-0.05, 0) is 30.7 Å². The first-order valence-electron chi connectivity index (χ1n) is 6.41. The van der Waals surface area contributed by atoms with Crippen LogP contribution in [0, 0.1) is 0 Å². The van der Waals surface area contributed by atoms with E-state index in [4.69, 9.17) is 5.73 Å². The van der Waals surface area contributed by atoms with Crippen molar-refractivity contribution >= 4 is 11.4 Å². The summed E-state index contributed by atoms with van der Waals surface area (Å²) >= 11 is 0. The predicted molar refractivity (Wildman–Crippen MR) is 74.7 cm³/mol. The molecule has 0 amide bonds. The summed E-state index contributed by atoms with van der Waals surface area (Å²) in [6.07, 6.45) is 0. The molecule has 2 rings (SSSR count). The third-order valence-corrected chi connectivity index (χ3v) is 3.52. The molecule has 0 saturated carbocycles. The third kappa shape index (κ3) is 2.72. The zero-order valence-electron chi connectivity index (χ0n) is 11.1.